The van der Waals surface area contributed by atoms with Gasteiger partial charge in [-0.05, 0) is 25.0 Å². The Morgan fingerprint density at radius 3 is 2.78 bits per heavy atom. The molecule has 8 heteroatoms. The van der Waals surface area contributed by atoms with Gasteiger partial charge in [0.1, 0.15) is 5.69 Å². The van der Waals surface area contributed by atoms with E-state index in [0.717, 1.165) is 18.5 Å². The molecule has 2 aromatic heterocycles. The van der Waals surface area contributed by atoms with E-state index < -0.39 is 17.5 Å². The molecule has 1 unspecified atom stereocenters. The molecule has 2 aromatic rings. The SMILES string of the molecule is NC(=O)C1(F)CCN(C(=O)c2ccc3nc(C4CC4)cn3n2)C1. The van der Waals surface area contributed by atoms with Crippen LogP contribution in [0.2, 0.25) is 0 Å². The van der Waals surface area contributed by atoms with E-state index in [1.54, 1.807) is 16.6 Å². The Labute approximate surface area is 131 Å². The van der Waals surface area contributed by atoms with Gasteiger partial charge in [-0.25, -0.2) is 13.9 Å². The number of carbonyl (C=O) groups is 2. The molecule has 2 fully saturated rings. The quantitative estimate of drug-likeness (QED) is 0.899. The molecular formula is C15H16FN5O2. The summed E-state index contributed by atoms with van der Waals surface area (Å²) in [5, 5.41) is 4.27. The van der Waals surface area contributed by atoms with Crippen LogP contribution in [0, 0.1) is 0 Å². The number of imidazole rings is 1. The molecule has 2 aliphatic rings. The molecule has 2 N–H and O–H groups in total. The van der Waals surface area contributed by atoms with E-state index in [9.17, 15) is 14.0 Å². The maximum absolute atomic E-state index is 14.2. The lowest BCUT2D eigenvalue weighted by molar-refractivity contribution is -0.128. The number of nitrogens with two attached hydrogens (primary N) is 1. The van der Waals surface area contributed by atoms with E-state index in [1.165, 1.54) is 4.90 Å². The minimum Gasteiger partial charge on any atom is -0.367 e. The lowest BCUT2D eigenvalue weighted by atomic mass is 10.1. The maximum Gasteiger partial charge on any atom is 0.274 e. The molecule has 120 valence electrons. The van der Waals surface area contributed by atoms with Gasteiger partial charge in [0.2, 0.25) is 5.67 Å². The van der Waals surface area contributed by atoms with Gasteiger partial charge in [-0.15, -0.1) is 0 Å². The summed E-state index contributed by atoms with van der Waals surface area (Å²) >= 11 is 0. The van der Waals surface area contributed by atoms with Crippen LogP contribution < -0.4 is 5.73 Å². The summed E-state index contributed by atoms with van der Waals surface area (Å²) in [5.74, 6) is -0.939. The summed E-state index contributed by atoms with van der Waals surface area (Å²) in [6.45, 7) is -0.173. The van der Waals surface area contributed by atoms with Gasteiger partial charge < -0.3 is 10.6 Å². The lowest BCUT2D eigenvalue weighted by Crippen LogP contribution is -2.43. The van der Waals surface area contributed by atoms with Gasteiger partial charge in [-0.1, -0.05) is 0 Å². The first-order chi connectivity index (χ1) is 11.0. The minimum absolute atomic E-state index is 0.0762. The molecule has 23 heavy (non-hydrogen) atoms. The fourth-order valence-electron chi connectivity index (χ4n) is 2.90. The molecule has 1 atom stereocenters. The zero-order chi connectivity index (χ0) is 16.2. The van der Waals surface area contributed by atoms with E-state index in [0.29, 0.717) is 11.6 Å². The summed E-state index contributed by atoms with van der Waals surface area (Å²) < 4.78 is 15.8. The van der Waals surface area contributed by atoms with Crippen LogP contribution in [0.3, 0.4) is 0 Å². The van der Waals surface area contributed by atoms with Crippen LogP contribution in [-0.2, 0) is 4.79 Å². The topological polar surface area (TPSA) is 93.6 Å². The predicted octanol–water partition coefficient (Wildman–Crippen LogP) is 0.646. The summed E-state index contributed by atoms with van der Waals surface area (Å²) in [6.07, 6.45) is 4.02. The maximum atomic E-state index is 14.2. The second kappa shape index (κ2) is 4.74. The molecular weight excluding hydrogens is 301 g/mol. The largest absolute Gasteiger partial charge is 0.367 e. The van der Waals surface area contributed by atoms with Gasteiger partial charge in [0.15, 0.2) is 5.65 Å². The highest BCUT2D eigenvalue weighted by Crippen LogP contribution is 2.39. The summed E-state index contributed by atoms with van der Waals surface area (Å²) in [7, 11) is 0. The van der Waals surface area contributed by atoms with Gasteiger partial charge in [0.25, 0.3) is 11.8 Å². The van der Waals surface area contributed by atoms with Gasteiger partial charge in [0.05, 0.1) is 18.4 Å². The first kappa shape index (κ1) is 14.1. The Hall–Kier alpha value is -2.51. The number of hydrogen-bond donors (Lipinski definition) is 1. The van der Waals surface area contributed by atoms with E-state index in [4.69, 9.17) is 5.73 Å². The van der Waals surface area contributed by atoms with Crippen LogP contribution in [0.4, 0.5) is 4.39 Å². The van der Waals surface area contributed by atoms with Crippen molar-refractivity contribution in [2.75, 3.05) is 13.1 Å². The highest BCUT2D eigenvalue weighted by Gasteiger charge is 2.45. The van der Waals surface area contributed by atoms with Crippen molar-refractivity contribution in [1.82, 2.24) is 19.5 Å². The fourth-order valence-corrected chi connectivity index (χ4v) is 2.90. The van der Waals surface area contributed by atoms with E-state index >= 15 is 0 Å². The standard InChI is InChI=1S/C15H16FN5O2/c16-15(14(17)23)5-6-20(8-15)13(22)10-3-4-12-18-11(9-1-2-9)7-21(12)19-10/h3-4,7,9H,1-2,5-6,8H2,(H2,17,23). The number of likely N-dealkylation sites (tertiary alicyclic amines) is 1. The zero-order valence-electron chi connectivity index (χ0n) is 12.4. The number of alkyl halides is 1. The number of carbonyl (C=O) groups excluding carboxylic acids is 2. The number of halogens is 1. The summed E-state index contributed by atoms with van der Waals surface area (Å²) in [6, 6.07) is 3.29. The van der Waals surface area contributed by atoms with Crippen molar-refractivity contribution in [1.29, 1.82) is 0 Å². The minimum atomic E-state index is -2.14. The Kier molecular flexibility index (Phi) is 2.91. The normalized spacial score (nSPS) is 24.3. The number of rotatable bonds is 3. The highest BCUT2D eigenvalue weighted by atomic mass is 19.1. The molecule has 2 amide bonds. The average Bonchev–Trinajstić information content (AvgIpc) is 3.16. The average molecular weight is 317 g/mol. The van der Waals surface area contributed by atoms with Crippen molar-refractivity contribution in [2.24, 2.45) is 5.73 Å². The highest BCUT2D eigenvalue weighted by molar-refractivity contribution is 5.94. The fraction of sp³-hybridized carbons (Fsp3) is 0.467. The molecule has 1 saturated heterocycles. The van der Waals surface area contributed by atoms with Crippen molar-refractivity contribution >= 4 is 17.5 Å². The molecule has 3 heterocycles. The smallest absolute Gasteiger partial charge is 0.274 e. The third kappa shape index (κ3) is 2.34. The molecule has 1 saturated carbocycles. The summed E-state index contributed by atoms with van der Waals surface area (Å²) in [4.78, 5) is 29.4. The van der Waals surface area contributed by atoms with E-state index in [2.05, 4.69) is 10.1 Å². The van der Waals surface area contributed by atoms with Crippen molar-refractivity contribution in [2.45, 2.75) is 30.8 Å². The van der Waals surface area contributed by atoms with Crippen LogP contribution >= 0.6 is 0 Å². The first-order valence-electron chi connectivity index (χ1n) is 7.61. The molecule has 0 radical (unpaired) electrons. The second-order valence-corrected chi connectivity index (χ2v) is 6.27. The Bertz CT molecular complexity index is 815. The number of hydrogen-bond acceptors (Lipinski definition) is 4. The summed E-state index contributed by atoms with van der Waals surface area (Å²) in [5.41, 5.74) is 4.79. The van der Waals surface area contributed by atoms with Gasteiger partial charge in [0, 0.05) is 18.9 Å². The Morgan fingerprint density at radius 1 is 1.35 bits per heavy atom. The monoisotopic (exact) mass is 317 g/mol. The zero-order valence-corrected chi connectivity index (χ0v) is 12.4. The number of fused-ring (bicyclic) bond motifs is 1. The molecule has 4 rings (SSSR count). The van der Waals surface area contributed by atoms with Crippen LogP contribution in [-0.4, -0.2) is 50.1 Å². The third-order valence-electron chi connectivity index (χ3n) is 4.50. The predicted molar refractivity (Wildman–Crippen MR) is 78.5 cm³/mol. The molecule has 0 spiro atoms. The molecule has 7 nitrogen and oxygen atoms in total. The van der Waals surface area contributed by atoms with Crippen LogP contribution in [0.15, 0.2) is 18.3 Å². The number of primary amides is 1. The van der Waals surface area contributed by atoms with Crippen molar-refractivity contribution in [3.63, 3.8) is 0 Å². The number of amides is 2. The molecule has 0 bridgehead atoms. The Morgan fingerprint density at radius 2 is 2.13 bits per heavy atom. The number of aromatic nitrogens is 3. The molecule has 1 aliphatic heterocycles. The van der Waals surface area contributed by atoms with Crippen molar-refractivity contribution in [3.05, 3.63) is 29.7 Å². The molecule has 0 aromatic carbocycles. The van der Waals surface area contributed by atoms with Crippen LogP contribution in [0.25, 0.3) is 5.65 Å². The van der Waals surface area contributed by atoms with Gasteiger partial charge in [-0.3, -0.25) is 9.59 Å². The van der Waals surface area contributed by atoms with Gasteiger partial charge in [-0.2, -0.15) is 5.10 Å². The number of nitrogens with zero attached hydrogens (tertiary/aromatic N) is 4. The van der Waals surface area contributed by atoms with Crippen LogP contribution in [0.5, 0.6) is 0 Å². The van der Waals surface area contributed by atoms with E-state index in [-0.39, 0.29) is 25.2 Å². The third-order valence-corrected chi connectivity index (χ3v) is 4.50. The second-order valence-electron chi connectivity index (χ2n) is 6.27. The molecule has 1 aliphatic carbocycles. The van der Waals surface area contributed by atoms with E-state index in [1.807, 2.05) is 6.20 Å². The first-order valence-corrected chi connectivity index (χ1v) is 7.61. The van der Waals surface area contributed by atoms with Crippen LogP contribution in [0.1, 0.15) is 41.4 Å². The Balaban J connectivity index is 1.58. The van der Waals surface area contributed by atoms with Gasteiger partial charge >= 0.3 is 0 Å². The van der Waals surface area contributed by atoms with Crippen molar-refractivity contribution in [3.8, 4) is 0 Å². The van der Waals surface area contributed by atoms with Crippen molar-refractivity contribution < 1.29 is 14.0 Å². The lowest BCUT2D eigenvalue weighted by Gasteiger charge is -2.17.